The van der Waals surface area contributed by atoms with Crippen molar-refractivity contribution in [2.45, 2.75) is 18.6 Å². The van der Waals surface area contributed by atoms with Crippen molar-refractivity contribution in [2.75, 3.05) is 13.2 Å². The minimum absolute atomic E-state index is 0.0241. The molecule has 1 aliphatic heterocycles. The van der Waals surface area contributed by atoms with Crippen LogP contribution in [-0.4, -0.2) is 24.2 Å². The largest absolute Gasteiger partial charge is 0.378 e. The van der Waals surface area contributed by atoms with Gasteiger partial charge in [-0.25, -0.2) is 0 Å². The van der Waals surface area contributed by atoms with Crippen LogP contribution < -0.4 is 5.32 Å². The Morgan fingerprint density at radius 2 is 1.92 bits per heavy atom. The highest BCUT2D eigenvalue weighted by Gasteiger charge is 2.30. The number of ether oxygens (including phenoxy) is 1. The zero-order valence-corrected chi connectivity index (χ0v) is 13.9. The lowest BCUT2D eigenvalue weighted by atomic mass is 9.95. The van der Waals surface area contributed by atoms with Gasteiger partial charge in [0.05, 0.1) is 6.10 Å². The summed E-state index contributed by atoms with van der Waals surface area (Å²) in [5.74, 6) is -0.253. The molecule has 2 aromatic carbocycles. The minimum atomic E-state index is -1.27. The van der Waals surface area contributed by atoms with Gasteiger partial charge in [-0.2, -0.15) is 0 Å². The predicted octanol–water partition coefficient (Wildman–Crippen LogP) is 3.27. The van der Waals surface area contributed by atoms with Crippen LogP contribution in [0.2, 0.25) is 5.02 Å². The zero-order valence-electron chi connectivity index (χ0n) is 13.2. The maximum atomic E-state index is 12.2. The Hall–Kier alpha value is -1.88. The Morgan fingerprint density at radius 3 is 2.67 bits per heavy atom. The van der Waals surface area contributed by atoms with E-state index >= 15 is 0 Å². The van der Waals surface area contributed by atoms with Crippen LogP contribution in [0, 0.1) is 5.92 Å². The molecule has 5 heteroatoms. The average Bonchev–Trinajstić information content (AvgIpc) is 3.09. The molecule has 0 bridgehead atoms. The Kier molecular flexibility index (Phi) is 5.51. The van der Waals surface area contributed by atoms with E-state index < -0.39 is 12.0 Å². The second-order valence-corrected chi connectivity index (χ2v) is 6.33. The van der Waals surface area contributed by atoms with Gasteiger partial charge in [-0.1, -0.05) is 60.1 Å². The first kappa shape index (κ1) is 17.0. The number of hydrogen-bond acceptors (Lipinski definition) is 3. The highest BCUT2D eigenvalue weighted by atomic mass is 35.5. The van der Waals surface area contributed by atoms with Crippen molar-refractivity contribution in [3.63, 3.8) is 0 Å². The van der Waals surface area contributed by atoms with E-state index in [1.165, 1.54) is 0 Å². The van der Waals surface area contributed by atoms with Crippen LogP contribution in [0.3, 0.4) is 0 Å². The molecule has 1 heterocycles. The fraction of sp³-hybridized carbons (Fsp3) is 0.316. The SMILES string of the molecule is O=C(NCC1CCOC1c1ccccc1)[C@H](O)c1ccccc1Cl. The summed E-state index contributed by atoms with van der Waals surface area (Å²) in [5, 5.41) is 13.4. The normalized spacial score (nSPS) is 21.4. The molecule has 0 aliphatic carbocycles. The number of halogens is 1. The molecule has 1 aliphatic rings. The highest BCUT2D eigenvalue weighted by molar-refractivity contribution is 6.31. The molecule has 1 fully saturated rings. The highest BCUT2D eigenvalue weighted by Crippen LogP contribution is 2.34. The Morgan fingerprint density at radius 1 is 1.21 bits per heavy atom. The number of rotatable bonds is 5. The van der Waals surface area contributed by atoms with Gasteiger partial charge in [0, 0.05) is 29.7 Å². The van der Waals surface area contributed by atoms with Crippen LogP contribution in [0.1, 0.15) is 29.8 Å². The molecule has 0 saturated carbocycles. The lowest BCUT2D eigenvalue weighted by Gasteiger charge is -2.20. The van der Waals surface area contributed by atoms with Crippen LogP contribution in [-0.2, 0) is 9.53 Å². The molecule has 1 amide bonds. The van der Waals surface area contributed by atoms with Crippen molar-refractivity contribution in [2.24, 2.45) is 5.92 Å². The summed E-state index contributed by atoms with van der Waals surface area (Å²) in [6, 6.07) is 16.8. The third-order valence-electron chi connectivity index (χ3n) is 4.33. The fourth-order valence-corrected chi connectivity index (χ4v) is 3.26. The monoisotopic (exact) mass is 345 g/mol. The molecule has 0 spiro atoms. The number of hydrogen-bond donors (Lipinski definition) is 2. The molecule has 0 radical (unpaired) electrons. The zero-order chi connectivity index (χ0) is 16.9. The smallest absolute Gasteiger partial charge is 0.253 e. The average molecular weight is 346 g/mol. The molecule has 2 unspecified atom stereocenters. The van der Waals surface area contributed by atoms with E-state index in [1.54, 1.807) is 24.3 Å². The quantitative estimate of drug-likeness (QED) is 0.874. The van der Waals surface area contributed by atoms with Crippen LogP contribution in [0.25, 0.3) is 0 Å². The third-order valence-corrected chi connectivity index (χ3v) is 4.67. The van der Waals surface area contributed by atoms with Crippen molar-refractivity contribution in [1.29, 1.82) is 0 Å². The summed E-state index contributed by atoms with van der Waals surface area (Å²) >= 11 is 6.03. The van der Waals surface area contributed by atoms with Gasteiger partial charge in [0.2, 0.25) is 0 Å². The van der Waals surface area contributed by atoms with E-state index in [4.69, 9.17) is 16.3 Å². The summed E-state index contributed by atoms with van der Waals surface area (Å²) in [7, 11) is 0. The van der Waals surface area contributed by atoms with Crippen LogP contribution in [0.5, 0.6) is 0 Å². The Balaban J connectivity index is 1.61. The Labute approximate surface area is 146 Å². The molecule has 126 valence electrons. The first-order chi connectivity index (χ1) is 11.7. The number of carbonyl (C=O) groups excluding carboxylic acids is 1. The third kappa shape index (κ3) is 3.78. The van der Waals surface area contributed by atoms with Crippen LogP contribution in [0.4, 0.5) is 0 Å². The maximum Gasteiger partial charge on any atom is 0.253 e. The molecule has 2 N–H and O–H groups in total. The van der Waals surface area contributed by atoms with E-state index in [2.05, 4.69) is 5.32 Å². The predicted molar refractivity (Wildman–Crippen MR) is 92.7 cm³/mol. The number of carbonyl (C=O) groups is 1. The molecule has 4 nitrogen and oxygen atoms in total. The van der Waals surface area contributed by atoms with E-state index in [1.807, 2.05) is 30.3 Å². The topological polar surface area (TPSA) is 58.6 Å². The second kappa shape index (κ2) is 7.79. The van der Waals surface area contributed by atoms with Crippen LogP contribution in [0.15, 0.2) is 54.6 Å². The van der Waals surface area contributed by atoms with Crippen molar-refractivity contribution in [3.8, 4) is 0 Å². The van der Waals surface area contributed by atoms with Crippen molar-refractivity contribution < 1.29 is 14.6 Å². The van der Waals surface area contributed by atoms with Gasteiger partial charge in [0.15, 0.2) is 6.10 Å². The summed E-state index contributed by atoms with van der Waals surface area (Å²) in [6.45, 7) is 1.13. The lowest BCUT2D eigenvalue weighted by Crippen LogP contribution is -2.34. The molecule has 0 aromatic heterocycles. The molecular formula is C19H20ClNO3. The standard InChI is InChI=1S/C19H20ClNO3/c20-16-9-5-4-8-15(16)17(22)19(23)21-12-14-10-11-24-18(14)13-6-2-1-3-7-13/h1-9,14,17-18,22H,10-12H2,(H,21,23)/t14?,17-,18?/m1/s1. The molecule has 3 atom stereocenters. The first-order valence-corrected chi connectivity index (χ1v) is 8.41. The molecule has 2 aromatic rings. The van der Waals surface area contributed by atoms with Gasteiger partial charge in [0.1, 0.15) is 0 Å². The number of nitrogens with one attached hydrogen (secondary N) is 1. The van der Waals surface area contributed by atoms with Gasteiger partial charge < -0.3 is 15.2 Å². The molecule has 24 heavy (non-hydrogen) atoms. The minimum Gasteiger partial charge on any atom is -0.378 e. The van der Waals surface area contributed by atoms with E-state index in [-0.39, 0.29) is 12.0 Å². The van der Waals surface area contributed by atoms with Crippen molar-refractivity contribution in [1.82, 2.24) is 5.32 Å². The molecule has 3 rings (SSSR count). The Bertz CT molecular complexity index is 692. The van der Waals surface area contributed by atoms with Gasteiger partial charge in [-0.3, -0.25) is 4.79 Å². The molecule has 1 saturated heterocycles. The number of aliphatic hydroxyl groups is 1. The van der Waals surface area contributed by atoms with E-state index in [9.17, 15) is 9.90 Å². The van der Waals surface area contributed by atoms with E-state index in [0.29, 0.717) is 23.7 Å². The van der Waals surface area contributed by atoms with E-state index in [0.717, 1.165) is 12.0 Å². The number of benzene rings is 2. The summed E-state index contributed by atoms with van der Waals surface area (Å²) < 4.78 is 5.81. The lowest BCUT2D eigenvalue weighted by molar-refractivity contribution is -0.129. The van der Waals surface area contributed by atoms with Gasteiger partial charge in [-0.15, -0.1) is 0 Å². The number of amides is 1. The number of aliphatic hydroxyl groups excluding tert-OH is 1. The second-order valence-electron chi connectivity index (χ2n) is 5.92. The van der Waals surface area contributed by atoms with Gasteiger partial charge in [0.25, 0.3) is 5.91 Å². The maximum absolute atomic E-state index is 12.2. The summed E-state index contributed by atoms with van der Waals surface area (Å²) in [6.07, 6.45) is -0.415. The summed E-state index contributed by atoms with van der Waals surface area (Å²) in [5.41, 5.74) is 1.53. The first-order valence-electron chi connectivity index (χ1n) is 8.03. The summed E-state index contributed by atoms with van der Waals surface area (Å²) in [4.78, 5) is 12.2. The van der Waals surface area contributed by atoms with Gasteiger partial charge >= 0.3 is 0 Å². The fourth-order valence-electron chi connectivity index (χ4n) is 3.02. The van der Waals surface area contributed by atoms with Crippen molar-refractivity contribution in [3.05, 3.63) is 70.7 Å². The van der Waals surface area contributed by atoms with Crippen molar-refractivity contribution >= 4 is 17.5 Å². The van der Waals surface area contributed by atoms with Crippen LogP contribution >= 0.6 is 11.6 Å². The van der Waals surface area contributed by atoms with Gasteiger partial charge in [-0.05, 0) is 18.1 Å². The molecular weight excluding hydrogens is 326 g/mol.